The van der Waals surface area contributed by atoms with Crippen LogP contribution in [0.15, 0.2) is 194 Å². The Morgan fingerprint density at radius 3 is 1.22 bits per heavy atom. The van der Waals surface area contributed by atoms with Gasteiger partial charge in [0.05, 0.1) is 22.1 Å². The Morgan fingerprint density at radius 2 is 0.621 bits per heavy atom. The molecule has 13 rings (SSSR count). The fraction of sp³-hybridized carbons (Fsp3) is 0. The highest BCUT2D eigenvalue weighted by atomic mass is 32.1. The molecule has 270 valence electrons. The number of nitrogens with zero attached hydrogens (tertiary/aromatic N) is 2. The van der Waals surface area contributed by atoms with Crippen LogP contribution in [-0.2, 0) is 0 Å². The van der Waals surface area contributed by atoms with Crippen molar-refractivity contribution in [3.63, 3.8) is 0 Å². The highest BCUT2D eigenvalue weighted by Crippen LogP contribution is 2.41. The Hall–Kier alpha value is -6.98. The molecule has 0 unspecified atom stereocenters. The van der Waals surface area contributed by atoms with Gasteiger partial charge >= 0.3 is 0 Å². The predicted molar refractivity (Wildman–Crippen MR) is 252 cm³/mol. The third-order valence-electron chi connectivity index (χ3n) is 12.1. The number of aromatic nitrogens is 2. The SMILES string of the molecule is c1ccc2c(c1)sc1ccc(-c3ccc(-n4c5ccc(-c6ccc7sc8ccccc8c7c6)cc5c5cc(-n6c7ccccc7c7ccccc76)ccc54)cc3)cc12. The molecule has 4 heterocycles. The zero-order chi connectivity index (χ0) is 37.9. The fourth-order valence-electron chi connectivity index (χ4n) is 9.42. The van der Waals surface area contributed by atoms with Crippen molar-refractivity contribution in [2.24, 2.45) is 0 Å². The third kappa shape index (κ3) is 4.70. The lowest BCUT2D eigenvalue weighted by Gasteiger charge is -2.11. The highest BCUT2D eigenvalue weighted by molar-refractivity contribution is 7.26. The summed E-state index contributed by atoms with van der Waals surface area (Å²) >= 11 is 3.73. The van der Waals surface area contributed by atoms with Crippen molar-refractivity contribution in [1.82, 2.24) is 9.13 Å². The van der Waals surface area contributed by atoms with E-state index in [0.717, 1.165) is 11.4 Å². The van der Waals surface area contributed by atoms with Crippen LogP contribution in [0.3, 0.4) is 0 Å². The van der Waals surface area contributed by atoms with Crippen LogP contribution < -0.4 is 0 Å². The first-order chi connectivity index (χ1) is 28.7. The molecule has 0 aliphatic carbocycles. The summed E-state index contributed by atoms with van der Waals surface area (Å²) in [6, 6.07) is 72.1. The van der Waals surface area contributed by atoms with Gasteiger partial charge in [0.1, 0.15) is 0 Å². The average Bonchev–Trinajstić information content (AvgIpc) is 4.03. The zero-order valence-corrected chi connectivity index (χ0v) is 32.8. The smallest absolute Gasteiger partial charge is 0.0542 e. The summed E-state index contributed by atoms with van der Waals surface area (Å²) < 4.78 is 10.2. The molecular formula is C54H32N2S2. The van der Waals surface area contributed by atoms with Crippen LogP contribution in [0.1, 0.15) is 0 Å². The van der Waals surface area contributed by atoms with Crippen molar-refractivity contribution in [2.75, 3.05) is 0 Å². The van der Waals surface area contributed by atoms with Crippen LogP contribution in [-0.4, -0.2) is 9.13 Å². The summed E-state index contributed by atoms with van der Waals surface area (Å²) in [5, 5.41) is 10.3. The maximum atomic E-state index is 2.44. The Labute approximate surface area is 341 Å². The van der Waals surface area contributed by atoms with E-state index in [1.54, 1.807) is 0 Å². The van der Waals surface area contributed by atoms with Crippen molar-refractivity contribution in [3.8, 4) is 33.6 Å². The van der Waals surface area contributed by atoms with Gasteiger partial charge in [0, 0.05) is 73.3 Å². The van der Waals surface area contributed by atoms with E-state index in [2.05, 4.69) is 203 Å². The van der Waals surface area contributed by atoms with Gasteiger partial charge in [-0.15, -0.1) is 22.7 Å². The first-order valence-corrected chi connectivity index (χ1v) is 21.4. The maximum Gasteiger partial charge on any atom is 0.0542 e. The lowest BCUT2D eigenvalue weighted by molar-refractivity contribution is 1.17. The second kappa shape index (κ2) is 12.3. The lowest BCUT2D eigenvalue weighted by Crippen LogP contribution is -1.96. The van der Waals surface area contributed by atoms with E-state index in [4.69, 9.17) is 0 Å². The van der Waals surface area contributed by atoms with Crippen LogP contribution >= 0.6 is 22.7 Å². The molecule has 58 heavy (non-hydrogen) atoms. The quantitative estimate of drug-likeness (QED) is 0.169. The fourth-order valence-corrected chi connectivity index (χ4v) is 11.6. The first kappa shape index (κ1) is 32.1. The van der Waals surface area contributed by atoms with E-state index >= 15 is 0 Å². The van der Waals surface area contributed by atoms with E-state index in [1.165, 1.54) is 106 Å². The predicted octanol–water partition coefficient (Wildman–Crippen LogP) is 16.0. The number of hydrogen-bond acceptors (Lipinski definition) is 2. The summed E-state index contributed by atoms with van der Waals surface area (Å²) in [6.07, 6.45) is 0. The van der Waals surface area contributed by atoms with Gasteiger partial charge < -0.3 is 9.13 Å². The van der Waals surface area contributed by atoms with E-state index in [9.17, 15) is 0 Å². The number of hydrogen-bond donors (Lipinski definition) is 0. The first-order valence-electron chi connectivity index (χ1n) is 19.7. The minimum atomic E-state index is 1.15. The molecule has 0 N–H and O–H groups in total. The maximum absolute atomic E-state index is 2.44. The monoisotopic (exact) mass is 772 g/mol. The van der Waals surface area contributed by atoms with Crippen LogP contribution in [0, 0.1) is 0 Å². The third-order valence-corrected chi connectivity index (χ3v) is 14.4. The normalized spacial score (nSPS) is 12.1. The minimum absolute atomic E-state index is 1.15. The van der Waals surface area contributed by atoms with Gasteiger partial charge in [-0.25, -0.2) is 0 Å². The Bertz CT molecular complexity index is 3740. The summed E-state index contributed by atoms with van der Waals surface area (Å²) in [4.78, 5) is 0. The second-order valence-electron chi connectivity index (χ2n) is 15.3. The second-order valence-corrected chi connectivity index (χ2v) is 17.5. The molecule has 0 amide bonds. The van der Waals surface area contributed by atoms with Crippen molar-refractivity contribution in [3.05, 3.63) is 194 Å². The molecule has 0 bridgehead atoms. The zero-order valence-electron chi connectivity index (χ0n) is 31.2. The molecule has 13 aromatic rings. The van der Waals surface area contributed by atoms with Gasteiger partial charge in [-0.2, -0.15) is 0 Å². The van der Waals surface area contributed by atoms with Crippen LogP contribution in [0.4, 0.5) is 0 Å². The van der Waals surface area contributed by atoms with Gasteiger partial charge in [0.15, 0.2) is 0 Å². The molecule has 0 aliphatic heterocycles. The standard InChI is InChI=1S/C54H32N2S2/c1-5-13-47-39(9-1)40-10-2-6-14-48(40)56(47)38-24-26-50-44(32-38)43-29-35(36-21-28-54-46(31-36)42-12-4-8-16-52(42)58-54)19-25-49(43)55(50)37-22-17-33(18-23-37)34-20-27-53-45(30-34)41-11-3-7-15-51(41)57-53/h1-32H. The number of benzene rings is 9. The topological polar surface area (TPSA) is 9.86 Å². The largest absolute Gasteiger partial charge is 0.309 e. The van der Waals surface area contributed by atoms with Crippen LogP contribution in [0.5, 0.6) is 0 Å². The number of thiophene rings is 2. The molecule has 4 aromatic heterocycles. The molecule has 0 radical (unpaired) electrons. The molecule has 4 heteroatoms. The molecule has 9 aromatic carbocycles. The molecule has 0 saturated heterocycles. The van der Waals surface area contributed by atoms with Gasteiger partial charge in [0.2, 0.25) is 0 Å². The van der Waals surface area contributed by atoms with Crippen molar-refractivity contribution < 1.29 is 0 Å². The van der Waals surface area contributed by atoms with E-state index in [1.807, 2.05) is 22.7 Å². The van der Waals surface area contributed by atoms with E-state index < -0.39 is 0 Å². The van der Waals surface area contributed by atoms with Crippen molar-refractivity contribution in [1.29, 1.82) is 0 Å². The highest BCUT2D eigenvalue weighted by Gasteiger charge is 2.18. The van der Waals surface area contributed by atoms with Crippen LogP contribution in [0.2, 0.25) is 0 Å². The lowest BCUT2D eigenvalue weighted by atomic mass is 10.0. The Kier molecular flexibility index (Phi) is 6.79. The van der Waals surface area contributed by atoms with Crippen molar-refractivity contribution in [2.45, 2.75) is 0 Å². The Morgan fingerprint density at radius 1 is 0.241 bits per heavy atom. The van der Waals surface area contributed by atoms with E-state index in [-0.39, 0.29) is 0 Å². The number of fused-ring (bicyclic) bond motifs is 12. The molecule has 2 nitrogen and oxygen atoms in total. The van der Waals surface area contributed by atoms with E-state index in [0.29, 0.717) is 0 Å². The molecule has 0 saturated carbocycles. The number of para-hydroxylation sites is 2. The van der Waals surface area contributed by atoms with Gasteiger partial charge in [0.25, 0.3) is 0 Å². The minimum Gasteiger partial charge on any atom is -0.309 e. The molecule has 0 spiro atoms. The van der Waals surface area contributed by atoms with Gasteiger partial charge in [-0.1, -0.05) is 103 Å². The van der Waals surface area contributed by atoms with Crippen LogP contribution in [0.25, 0.3) is 118 Å². The molecule has 0 fully saturated rings. The summed E-state index contributed by atoms with van der Waals surface area (Å²) in [6.45, 7) is 0. The molecule has 0 aliphatic rings. The average molecular weight is 773 g/mol. The molecule has 0 atom stereocenters. The summed E-state index contributed by atoms with van der Waals surface area (Å²) in [5.74, 6) is 0. The Balaban J connectivity index is 1.01. The van der Waals surface area contributed by atoms with Gasteiger partial charge in [-0.3, -0.25) is 0 Å². The van der Waals surface area contributed by atoms with Crippen molar-refractivity contribution >= 4 is 107 Å². The number of rotatable bonds is 4. The summed E-state index contributed by atoms with van der Waals surface area (Å²) in [7, 11) is 0. The molecular weight excluding hydrogens is 741 g/mol. The summed E-state index contributed by atoms with van der Waals surface area (Å²) in [5.41, 5.74) is 12.0. The van der Waals surface area contributed by atoms with Gasteiger partial charge in [-0.05, 0) is 113 Å².